The first kappa shape index (κ1) is 18.5. The number of benzene rings is 1. The number of aromatic nitrogens is 2. The predicted molar refractivity (Wildman–Crippen MR) is 105 cm³/mol. The number of imidazole rings is 1. The number of carbonyl (C=O) groups excluding carboxylic acids is 1. The van der Waals surface area contributed by atoms with Crippen molar-refractivity contribution in [1.29, 1.82) is 0 Å². The smallest absolute Gasteiger partial charge is 0.290 e. The number of carbonyl (C=O) groups is 1. The molecular formula is C22H25N3O3. The summed E-state index contributed by atoms with van der Waals surface area (Å²) in [5, 5.41) is 0. The van der Waals surface area contributed by atoms with Crippen molar-refractivity contribution in [3.8, 4) is 0 Å². The van der Waals surface area contributed by atoms with Gasteiger partial charge in [-0.05, 0) is 37.5 Å². The molecule has 1 unspecified atom stereocenters. The Morgan fingerprint density at radius 2 is 2.25 bits per heavy atom. The molecule has 6 nitrogen and oxygen atoms in total. The lowest BCUT2D eigenvalue weighted by atomic mass is 10.1. The molecule has 1 atom stereocenters. The molecule has 1 fully saturated rings. The predicted octanol–water partition coefficient (Wildman–Crippen LogP) is 3.65. The minimum atomic E-state index is -0.134. The van der Waals surface area contributed by atoms with Gasteiger partial charge in [0.05, 0.1) is 18.9 Å². The Kier molecular flexibility index (Phi) is 5.58. The average molecular weight is 379 g/mol. The molecule has 0 saturated carbocycles. The van der Waals surface area contributed by atoms with Crippen LogP contribution in [0.4, 0.5) is 0 Å². The van der Waals surface area contributed by atoms with Crippen LogP contribution in [0.2, 0.25) is 0 Å². The molecule has 2 aromatic heterocycles. The van der Waals surface area contributed by atoms with E-state index >= 15 is 0 Å². The molecule has 1 aromatic carbocycles. The van der Waals surface area contributed by atoms with Crippen LogP contribution in [0, 0.1) is 6.92 Å². The van der Waals surface area contributed by atoms with E-state index in [1.165, 1.54) is 17.4 Å². The number of aryl methyl sites for hydroxylation is 1. The van der Waals surface area contributed by atoms with Crippen molar-refractivity contribution in [3.05, 3.63) is 77.8 Å². The van der Waals surface area contributed by atoms with Crippen LogP contribution in [0.5, 0.6) is 0 Å². The summed E-state index contributed by atoms with van der Waals surface area (Å²) in [5.74, 6) is 1.06. The second kappa shape index (κ2) is 8.44. The normalized spacial score (nSPS) is 16.4. The highest BCUT2D eigenvalue weighted by atomic mass is 16.5. The molecular weight excluding hydrogens is 354 g/mol. The Morgan fingerprint density at radius 3 is 3.00 bits per heavy atom. The first-order valence-electron chi connectivity index (χ1n) is 9.69. The van der Waals surface area contributed by atoms with Crippen LogP contribution in [-0.4, -0.2) is 39.6 Å². The number of hydrogen-bond acceptors (Lipinski definition) is 4. The lowest BCUT2D eigenvalue weighted by Crippen LogP contribution is -2.37. The lowest BCUT2D eigenvalue weighted by Gasteiger charge is -2.24. The maximum atomic E-state index is 13.0. The Bertz CT molecular complexity index is 911. The van der Waals surface area contributed by atoms with Gasteiger partial charge in [0.1, 0.15) is 5.82 Å². The van der Waals surface area contributed by atoms with Crippen LogP contribution in [0.25, 0.3) is 0 Å². The van der Waals surface area contributed by atoms with Crippen molar-refractivity contribution in [3.63, 3.8) is 0 Å². The first-order valence-corrected chi connectivity index (χ1v) is 9.69. The van der Waals surface area contributed by atoms with E-state index in [4.69, 9.17) is 9.15 Å². The zero-order valence-corrected chi connectivity index (χ0v) is 16.1. The van der Waals surface area contributed by atoms with Gasteiger partial charge in [0, 0.05) is 32.1 Å². The van der Waals surface area contributed by atoms with Gasteiger partial charge >= 0.3 is 0 Å². The van der Waals surface area contributed by atoms with E-state index in [0.29, 0.717) is 18.8 Å². The zero-order valence-electron chi connectivity index (χ0n) is 16.1. The fourth-order valence-corrected chi connectivity index (χ4v) is 3.62. The van der Waals surface area contributed by atoms with Gasteiger partial charge in [-0.2, -0.15) is 0 Å². The summed E-state index contributed by atoms with van der Waals surface area (Å²) in [5.41, 5.74) is 2.44. The van der Waals surface area contributed by atoms with Crippen LogP contribution in [0.15, 0.2) is 59.5 Å². The molecule has 0 bridgehead atoms. The third-order valence-electron chi connectivity index (χ3n) is 5.04. The second-order valence-electron chi connectivity index (χ2n) is 7.26. The van der Waals surface area contributed by atoms with E-state index in [9.17, 15) is 4.79 Å². The number of nitrogens with zero attached hydrogens (tertiary/aromatic N) is 3. The van der Waals surface area contributed by atoms with Crippen LogP contribution in [-0.2, 0) is 17.8 Å². The summed E-state index contributed by atoms with van der Waals surface area (Å²) < 4.78 is 13.2. The van der Waals surface area contributed by atoms with E-state index in [-0.39, 0.29) is 12.0 Å². The van der Waals surface area contributed by atoms with Crippen molar-refractivity contribution < 1.29 is 13.9 Å². The highest BCUT2D eigenvalue weighted by Gasteiger charge is 2.26. The van der Waals surface area contributed by atoms with Crippen molar-refractivity contribution in [2.45, 2.75) is 39.0 Å². The molecule has 0 radical (unpaired) electrons. The van der Waals surface area contributed by atoms with Crippen LogP contribution in [0.1, 0.15) is 40.3 Å². The monoisotopic (exact) mass is 379 g/mol. The highest BCUT2D eigenvalue weighted by molar-refractivity contribution is 5.91. The van der Waals surface area contributed by atoms with Gasteiger partial charge in [-0.25, -0.2) is 4.98 Å². The molecule has 1 aliphatic rings. The molecule has 1 aliphatic heterocycles. The molecule has 6 heteroatoms. The molecule has 3 heterocycles. The standard InChI is InChI=1S/C22H25N3O3/c1-17-5-2-6-18(13-17)14-24-10-9-23-21(24)16-25(15-19-7-3-11-27-19)22(26)20-8-4-12-28-20/h2,4-6,8-10,12-13,19H,3,7,11,14-16H2,1H3. The Labute approximate surface area is 164 Å². The van der Waals surface area contributed by atoms with Gasteiger partial charge < -0.3 is 18.6 Å². The van der Waals surface area contributed by atoms with Crippen LogP contribution < -0.4 is 0 Å². The highest BCUT2D eigenvalue weighted by Crippen LogP contribution is 2.18. The third kappa shape index (κ3) is 4.34. The topological polar surface area (TPSA) is 60.5 Å². The molecule has 3 aromatic rings. The summed E-state index contributed by atoms with van der Waals surface area (Å²) in [4.78, 5) is 19.3. The summed E-state index contributed by atoms with van der Waals surface area (Å²) in [7, 11) is 0. The van der Waals surface area contributed by atoms with E-state index in [2.05, 4.69) is 40.7 Å². The Balaban J connectivity index is 1.53. The summed E-state index contributed by atoms with van der Waals surface area (Å²) in [6.45, 7) is 4.52. The van der Waals surface area contributed by atoms with Gasteiger partial charge in [0.2, 0.25) is 0 Å². The molecule has 0 N–H and O–H groups in total. The minimum Gasteiger partial charge on any atom is -0.459 e. The minimum absolute atomic E-state index is 0.0686. The molecule has 4 rings (SSSR count). The molecule has 1 amide bonds. The number of hydrogen-bond donors (Lipinski definition) is 0. The van der Waals surface area contributed by atoms with Crippen molar-refractivity contribution >= 4 is 5.91 Å². The van der Waals surface area contributed by atoms with Crippen LogP contribution in [0.3, 0.4) is 0 Å². The van der Waals surface area contributed by atoms with E-state index < -0.39 is 0 Å². The summed E-state index contributed by atoms with van der Waals surface area (Å²) in [6, 6.07) is 11.9. The second-order valence-corrected chi connectivity index (χ2v) is 7.26. The first-order chi connectivity index (χ1) is 13.7. The maximum Gasteiger partial charge on any atom is 0.290 e. The third-order valence-corrected chi connectivity index (χ3v) is 5.04. The zero-order chi connectivity index (χ0) is 19.3. The van der Waals surface area contributed by atoms with Crippen molar-refractivity contribution in [2.24, 2.45) is 0 Å². The number of furan rings is 1. The number of ether oxygens (including phenoxy) is 1. The summed E-state index contributed by atoms with van der Waals surface area (Å²) >= 11 is 0. The van der Waals surface area contributed by atoms with Gasteiger partial charge in [0.15, 0.2) is 5.76 Å². The van der Waals surface area contributed by atoms with Gasteiger partial charge in [-0.1, -0.05) is 29.8 Å². The van der Waals surface area contributed by atoms with E-state index in [1.54, 1.807) is 23.2 Å². The lowest BCUT2D eigenvalue weighted by molar-refractivity contribution is 0.0475. The fraction of sp³-hybridized carbons (Fsp3) is 0.364. The van der Waals surface area contributed by atoms with Gasteiger partial charge in [-0.15, -0.1) is 0 Å². The van der Waals surface area contributed by atoms with E-state index in [1.807, 2.05) is 6.20 Å². The molecule has 146 valence electrons. The van der Waals surface area contributed by atoms with Crippen molar-refractivity contribution in [1.82, 2.24) is 14.5 Å². The fourth-order valence-electron chi connectivity index (χ4n) is 3.62. The molecule has 1 saturated heterocycles. The largest absolute Gasteiger partial charge is 0.459 e. The Morgan fingerprint density at radius 1 is 1.32 bits per heavy atom. The van der Waals surface area contributed by atoms with E-state index in [0.717, 1.165) is 31.8 Å². The SMILES string of the molecule is Cc1cccc(Cn2ccnc2CN(CC2CCCO2)C(=O)c2ccco2)c1. The Hall–Kier alpha value is -2.86. The molecule has 28 heavy (non-hydrogen) atoms. The molecule has 0 aliphatic carbocycles. The number of rotatable bonds is 7. The number of amides is 1. The molecule has 0 spiro atoms. The van der Waals surface area contributed by atoms with Crippen molar-refractivity contribution in [2.75, 3.05) is 13.2 Å². The van der Waals surface area contributed by atoms with Gasteiger partial charge in [0.25, 0.3) is 5.91 Å². The van der Waals surface area contributed by atoms with Crippen LogP contribution >= 0.6 is 0 Å². The maximum absolute atomic E-state index is 13.0. The van der Waals surface area contributed by atoms with Gasteiger partial charge in [-0.3, -0.25) is 4.79 Å². The summed E-state index contributed by atoms with van der Waals surface area (Å²) in [6.07, 6.45) is 7.34. The average Bonchev–Trinajstić information content (AvgIpc) is 3.45. The quantitative estimate of drug-likeness (QED) is 0.629.